The molecule has 2 aliphatic heterocycles. The lowest BCUT2D eigenvalue weighted by molar-refractivity contribution is -0.384. The van der Waals surface area contributed by atoms with Crippen molar-refractivity contribution in [1.82, 2.24) is 15.1 Å². The molecule has 41 heavy (non-hydrogen) atoms. The third-order valence-electron chi connectivity index (χ3n) is 7.39. The van der Waals surface area contributed by atoms with Gasteiger partial charge in [-0.05, 0) is 55.4 Å². The first-order valence-corrected chi connectivity index (χ1v) is 13.7. The fraction of sp³-hybridized carbons (Fsp3) is 0.300. The molecule has 2 N–H and O–H groups in total. The number of amides is 3. The zero-order chi connectivity index (χ0) is 28.8. The number of carbonyl (C=O) groups is 3. The van der Waals surface area contributed by atoms with Crippen molar-refractivity contribution in [2.24, 2.45) is 0 Å². The van der Waals surface area contributed by atoms with Gasteiger partial charge >= 0.3 is 0 Å². The Hall–Kier alpha value is -4.77. The molecule has 0 unspecified atom stereocenters. The molecule has 2 heterocycles. The van der Waals surface area contributed by atoms with Crippen molar-refractivity contribution >= 4 is 34.8 Å². The van der Waals surface area contributed by atoms with Crippen LogP contribution in [0.3, 0.4) is 0 Å². The molecule has 2 aliphatic rings. The van der Waals surface area contributed by atoms with Crippen LogP contribution >= 0.6 is 0 Å². The molecular weight excluding hydrogens is 524 g/mol. The van der Waals surface area contributed by atoms with E-state index < -0.39 is 10.8 Å². The van der Waals surface area contributed by atoms with Gasteiger partial charge in [0.1, 0.15) is 0 Å². The predicted octanol–water partition coefficient (Wildman–Crippen LogP) is 3.25. The van der Waals surface area contributed by atoms with E-state index in [9.17, 15) is 24.5 Å². The summed E-state index contributed by atoms with van der Waals surface area (Å²) < 4.78 is 0. The van der Waals surface area contributed by atoms with E-state index in [2.05, 4.69) is 15.5 Å². The van der Waals surface area contributed by atoms with Gasteiger partial charge in [0.15, 0.2) is 0 Å². The second kappa shape index (κ2) is 12.6. The van der Waals surface area contributed by atoms with Crippen molar-refractivity contribution in [3.05, 3.63) is 99.6 Å². The smallest absolute Gasteiger partial charge is 0.269 e. The van der Waals surface area contributed by atoms with E-state index in [-0.39, 0.29) is 23.1 Å². The van der Waals surface area contributed by atoms with Crippen molar-refractivity contribution in [3.63, 3.8) is 0 Å². The number of piperazine rings is 1. The zero-order valence-electron chi connectivity index (χ0n) is 22.6. The van der Waals surface area contributed by atoms with E-state index >= 15 is 0 Å². The van der Waals surface area contributed by atoms with E-state index in [1.54, 1.807) is 24.3 Å². The zero-order valence-corrected chi connectivity index (χ0v) is 22.6. The molecule has 0 spiro atoms. The number of non-ortho nitro benzene ring substituents is 1. The molecule has 0 aromatic heterocycles. The Kier molecular flexibility index (Phi) is 8.54. The number of hydrogen-bond acceptors (Lipinski definition) is 7. The highest BCUT2D eigenvalue weighted by atomic mass is 16.6. The Morgan fingerprint density at radius 2 is 1.39 bits per heavy atom. The summed E-state index contributed by atoms with van der Waals surface area (Å²) in [5, 5.41) is 17.3. The minimum atomic E-state index is -0.518. The van der Waals surface area contributed by atoms with Crippen LogP contribution in [0.25, 0.3) is 0 Å². The lowest BCUT2D eigenvalue weighted by atomic mass is 10.1. The maximum absolute atomic E-state index is 13.4. The molecule has 0 saturated carbocycles. The molecule has 0 aliphatic carbocycles. The minimum Gasteiger partial charge on any atom is -0.366 e. The van der Waals surface area contributed by atoms with Crippen molar-refractivity contribution in [1.29, 1.82) is 0 Å². The predicted molar refractivity (Wildman–Crippen MR) is 155 cm³/mol. The molecule has 2 fully saturated rings. The number of nitrogens with zero attached hydrogens (tertiary/aromatic N) is 4. The molecule has 11 heteroatoms. The van der Waals surface area contributed by atoms with E-state index in [0.717, 1.165) is 25.2 Å². The molecule has 5 rings (SSSR count). The van der Waals surface area contributed by atoms with Crippen LogP contribution in [0.15, 0.2) is 72.8 Å². The van der Waals surface area contributed by atoms with Crippen molar-refractivity contribution in [3.8, 4) is 0 Å². The molecule has 0 atom stereocenters. The molecule has 2 saturated heterocycles. The number of nitro benzene ring substituents is 1. The minimum absolute atomic E-state index is 0.0233. The number of carbonyl (C=O) groups excluding carboxylic acids is 3. The molecule has 11 nitrogen and oxygen atoms in total. The van der Waals surface area contributed by atoms with Gasteiger partial charge in [-0.25, -0.2) is 0 Å². The van der Waals surface area contributed by atoms with Crippen LogP contribution < -0.4 is 15.5 Å². The number of anilines is 2. The fourth-order valence-corrected chi connectivity index (χ4v) is 5.12. The van der Waals surface area contributed by atoms with Crippen molar-refractivity contribution < 1.29 is 19.3 Å². The Morgan fingerprint density at radius 3 is 2.10 bits per heavy atom. The molecular formula is C30H32N6O5. The van der Waals surface area contributed by atoms with Crippen LogP contribution in [0.1, 0.15) is 37.5 Å². The van der Waals surface area contributed by atoms with Crippen LogP contribution in [-0.2, 0) is 0 Å². The van der Waals surface area contributed by atoms with Gasteiger partial charge in [-0.3, -0.25) is 24.5 Å². The van der Waals surface area contributed by atoms with Gasteiger partial charge < -0.3 is 25.3 Å². The van der Waals surface area contributed by atoms with Gasteiger partial charge in [0, 0.05) is 74.6 Å². The summed E-state index contributed by atoms with van der Waals surface area (Å²) >= 11 is 0. The lowest BCUT2D eigenvalue weighted by Gasteiger charge is -2.37. The molecule has 0 radical (unpaired) electrons. The number of rotatable bonds is 6. The summed E-state index contributed by atoms with van der Waals surface area (Å²) in [4.78, 5) is 55.7. The Balaban J connectivity index is 1.37. The third-order valence-corrected chi connectivity index (χ3v) is 7.39. The quantitative estimate of drug-likeness (QED) is 0.352. The maximum Gasteiger partial charge on any atom is 0.269 e. The SMILES string of the molecule is O=C(Nc1cc(C(=O)N2CCCNCC2)ccc1N1CCN(C(=O)c2ccccc2)CC1)c1ccc([N+](=O)[O-])cc1. The average molecular weight is 557 g/mol. The van der Waals surface area contributed by atoms with Crippen LogP contribution in [0, 0.1) is 10.1 Å². The Labute approximate surface area is 237 Å². The monoisotopic (exact) mass is 556 g/mol. The van der Waals surface area contributed by atoms with E-state index in [1.807, 2.05) is 34.1 Å². The highest BCUT2D eigenvalue weighted by Crippen LogP contribution is 2.30. The lowest BCUT2D eigenvalue weighted by Crippen LogP contribution is -2.49. The molecule has 0 bridgehead atoms. The number of nitrogens with one attached hydrogen (secondary N) is 2. The Morgan fingerprint density at radius 1 is 0.732 bits per heavy atom. The van der Waals surface area contributed by atoms with Gasteiger partial charge in [0.25, 0.3) is 23.4 Å². The van der Waals surface area contributed by atoms with Crippen LogP contribution in [-0.4, -0.2) is 84.8 Å². The van der Waals surface area contributed by atoms with Gasteiger partial charge in [-0.2, -0.15) is 0 Å². The topological polar surface area (TPSA) is 128 Å². The summed E-state index contributed by atoms with van der Waals surface area (Å²) in [7, 11) is 0. The highest BCUT2D eigenvalue weighted by Gasteiger charge is 2.26. The first kappa shape index (κ1) is 27.8. The fourth-order valence-electron chi connectivity index (χ4n) is 5.12. The van der Waals surface area contributed by atoms with E-state index in [0.29, 0.717) is 56.1 Å². The first-order valence-electron chi connectivity index (χ1n) is 13.7. The van der Waals surface area contributed by atoms with Gasteiger partial charge in [0.05, 0.1) is 16.3 Å². The largest absolute Gasteiger partial charge is 0.366 e. The van der Waals surface area contributed by atoms with Crippen LogP contribution in [0.4, 0.5) is 17.1 Å². The number of nitro groups is 1. The summed E-state index contributed by atoms with van der Waals surface area (Å²) in [6.45, 7) is 4.93. The summed E-state index contributed by atoms with van der Waals surface area (Å²) in [5.74, 6) is -0.572. The molecule has 3 aromatic carbocycles. The Bertz CT molecular complexity index is 1410. The second-order valence-corrected chi connectivity index (χ2v) is 10.0. The standard InChI is InChI=1S/C30H32N6O5/c37-28(22-7-10-25(11-8-22)36(40)41)32-26-21-24(30(39)34-15-4-13-31-14-16-34)9-12-27(26)33-17-19-35(20-18-33)29(38)23-5-2-1-3-6-23/h1-3,5-12,21,31H,4,13-20H2,(H,32,37). The summed E-state index contributed by atoms with van der Waals surface area (Å²) in [6.07, 6.45) is 0.861. The second-order valence-electron chi connectivity index (χ2n) is 10.0. The molecule has 212 valence electrons. The average Bonchev–Trinajstić information content (AvgIpc) is 3.31. The first-order chi connectivity index (χ1) is 19.9. The van der Waals surface area contributed by atoms with E-state index in [1.165, 1.54) is 24.3 Å². The highest BCUT2D eigenvalue weighted by molar-refractivity contribution is 6.07. The number of benzene rings is 3. The van der Waals surface area contributed by atoms with Crippen LogP contribution in [0.2, 0.25) is 0 Å². The number of hydrogen-bond donors (Lipinski definition) is 2. The molecule has 3 amide bonds. The summed E-state index contributed by atoms with van der Waals surface area (Å²) in [5.41, 5.74) is 2.46. The van der Waals surface area contributed by atoms with E-state index in [4.69, 9.17) is 0 Å². The normalized spacial score (nSPS) is 15.7. The third kappa shape index (κ3) is 6.52. The maximum atomic E-state index is 13.4. The van der Waals surface area contributed by atoms with Gasteiger partial charge in [-0.15, -0.1) is 0 Å². The van der Waals surface area contributed by atoms with Crippen LogP contribution in [0.5, 0.6) is 0 Å². The van der Waals surface area contributed by atoms with Gasteiger partial charge in [-0.1, -0.05) is 18.2 Å². The van der Waals surface area contributed by atoms with Crippen molar-refractivity contribution in [2.75, 3.05) is 62.6 Å². The van der Waals surface area contributed by atoms with Gasteiger partial charge in [0.2, 0.25) is 0 Å². The summed E-state index contributed by atoms with van der Waals surface area (Å²) in [6, 6.07) is 19.8. The molecule has 3 aromatic rings. The van der Waals surface area contributed by atoms with Crippen molar-refractivity contribution in [2.45, 2.75) is 6.42 Å².